The van der Waals surface area contributed by atoms with E-state index in [1.807, 2.05) is 0 Å². The van der Waals surface area contributed by atoms with E-state index in [4.69, 9.17) is 5.11 Å². The second-order valence-electron chi connectivity index (χ2n) is 4.81. The van der Waals surface area contributed by atoms with Gasteiger partial charge in [-0.15, -0.1) is 5.10 Å². The van der Waals surface area contributed by atoms with Crippen molar-refractivity contribution in [3.63, 3.8) is 0 Å². The zero-order valence-electron chi connectivity index (χ0n) is 10.6. The quantitative estimate of drug-likeness (QED) is 0.889. The first-order chi connectivity index (χ1) is 9.49. The molecule has 0 bridgehead atoms. The van der Waals surface area contributed by atoms with Crippen LogP contribution in [0.15, 0.2) is 18.2 Å². The lowest BCUT2D eigenvalue weighted by Gasteiger charge is -2.19. The predicted octanol–water partition coefficient (Wildman–Crippen LogP) is 1.07. The summed E-state index contributed by atoms with van der Waals surface area (Å²) in [5.41, 5.74) is 0.315. The lowest BCUT2D eigenvalue weighted by molar-refractivity contribution is 0.0687. The van der Waals surface area contributed by atoms with Gasteiger partial charge in [-0.05, 0) is 25.0 Å². The second-order valence-corrected chi connectivity index (χ2v) is 7.11. The van der Waals surface area contributed by atoms with E-state index < -0.39 is 21.1 Å². The maximum Gasteiger partial charge on any atom is 0.354 e. The number of carboxylic acid groups (broad SMARTS) is 1. The van der Waals surface area contributed by atoms with E-state index in [0.29, 0.717) is 18.5 Å². The lowest BCUT2D eigenvalue weighted by Crippen LogP contribution is -2.22. The van der Waals surface area contributed by atoms with Gasteiger partial charge in [0.25, 0.3) is 0 Å². The summed E-state index contributed by atoms with van der Waals surface area (Å²) in [6.45, 7) is 0. The van der Waals surface area contributed by atoms with Gasteiger partial charge in [-0.2, -0.15) is 0 Å². The van der Waals surface area contributed by atoms with Gasteiger partial charge in [-0.25, -0.2) is 22.7 Å². The van der Waals surface area contributed by atoms with Crippen LogP contribution in [0.4, 0.5) is 0 Å². The van der Waals surface area contributed by atoms with E-state index in [-0.39, 0.29) is 17.3 Å². The number of carboxylic acids is 1. The molecule has 0 amide bonds. The molecule has 3 heterocycles. The largest absolute Gasteiger partial charge is 0.477 e. The van der Waals surface area contributed by atoms with Crippen LogP contribution in [0, 0.1) is 0 Å². The third-order valence-electron chi connectivity index (χ3n) is 3.46. The Morgan fingerprint density at radius 1 is 1.35 bits per heavy atom. The average molecular weight is 295 g/mol. The first kappa shape index (κ1) is 13.0. The summed E-state index contributed by atoms with van der Waals surface area (Å²) in [6, 6.07) is 4.58. The molecule has 0 aliphatic carbocycles. The molecule has 1 unspecified atom stereocenters. The number of hydrogen-bond acceptors (Lipinski definition) is 5. The van der Waals surface area contributed by atoms with Crippen LogP contribution in [0.3, 0.4) is 0 Å². The Hall–Kier alpha value is -1.96. The maximum atomic E-state index is 12.1. The first-order valence-corrected chi connectivity index (χ1v) is 8.01. The topological polar surface area (TPSA) is 102 Å². The molecule has 0 spiro atoms. The Morgan fingerprint density at radius 2 is 2.15 bits per heavy atom. The van der Waals surface area contributed by atoms with Crippen molar-refractivity contribution in [1.29, 1.82) is 0 Å². The molecule has 0 aromatic carbocycles. The third kappa shape index (κ3) is 2.05. The van der Waals surface area contributed by atoms with Crippen LogP contribution in [0.5, 0.6) is 0 Å². The fourth-order valence-electron chi connectivity index (χ4n) is 2.46. The van der Waals surface area contributed by atoms with Gasteiger partial charge in [0, 0.05) is 0 Å². The summed E-state index contributed by atoms with van der Waals surface area (Å²) >= 11 is 0. The Balaban J connectivity index is 2.14. The molecule has 1 aliphatic rings. The second kappa shape index (κ2) is 4.55. The molecule has 0 radical (unpaired) electrons. The van der Waals surface area contributed by atoms with Crippen molar-refractivity contribution >= 4 is 21.5 Å². The monoisotopic (exact) mass is 295 g/mol. The normalized spacial score (nSPS) is 21.9. The summed E-state index contributed by atoms with van der Waals surface area (Å²) in [5.74, 6) is -0.795. The van der Waals surface area contributed by atoms with Crippen LogP contribution in [0.25, 0.3) is 5.65 Å². The summed E-state index contributed by atoms with van der Waals surface area (Å²) in [5, 5.41) is 12.5. The van der Waals surface area contributed by atoms with Gasteiger partial charge >= 0.3 is 5.97 Å². The summed E-state index contributed by atoms with van der Waals surface area (Å²) in [7, 11) is -3.24. The number of fused-ring (bicyclic) bond motifs is 1. The molecule has 2 aromatic rings. The molecule has 106 valence electrons. The predicted molar refractivity (Wildman–Crippen MR) is 70.3 cm³/mol. The van der Waals surface area contributed by atoms with Crippen LogP contribution >= 0.6 is 0 Å². The minimum atomic E-state index is -3.24. The molecule has 7 nitrogen and oxygen atoms in total. The Bertz CT molecular complexity index is 781. The van der Waals surface area contributed by atoms with Crippen molar-refractivity contribution in [3.8, 4) is 0 Å². The van der Waals surface area contributed by atoms with E-state index in [1.165, 1.54) is 10.6 Å². The number of pyridine rings is 1. The molecule has 20 heavy (non-hydrogen) atoms. The van der Waals surface area contributed by atoms with Gasteiger partial charge in [-0.3, -0.25) is 0 Å². The maximum absolute atomic E-state index is 12.1. The van der Waals surface area contributed by atoms with E-state index in [2.05, 4.69) is 10.1 Å². The van der Waals surface area contributed by atoms with Gasteiger partial charge in [0.05, 0.1) is 5.75 Å². The molecule has 1 N–H and O–H groups in total. The molecule has 1 atom stereocenters. The first-order valence-electron chi connectivity index (χ1n) is 6.29. The highest BCUT2D eigenvalue weighted by molar-refractivity contribution is 7.91. The molecular formula is C12H13N3O4S. The fraction of sp³-hybridized carbons (Fsp3) is 0.417. The molecule has 3 rings (SSSR count). The van der Waals surface area contributed by atoms with Crippen molar-refractivity contribution < 1.29 is 18.3 Å². The molecular weight excluding hydrogens is 282 g/mol. The minimum Gasteiger partial charge on any atom is -0.477 e. The van der Waals surface area contributed by atoms with Crippen LogP contribution in [-0.4, -0.2) is 39.8 Å². The van der Waals surface area contributed by atoms with E-state index >= 15 is 0 Å². The minimum absolute atomic E-state index is 0.0329. The van der Waals surface area contributed by atoms with Gasteiger partial charge in [-0.1, -0.05) is 12.5 Å². The van der Waals surface area contributed by atoms with Crippen molar-refractivity contribution in [2.24, 2.45) is 0 Å². The number of aromatic carboxylic acids is 1. The highest BCUT2D eigenvalue weighted by Crippen LogP contribution is 2.31. The Labute approximate surface area is 115 Å². The lowest BCUT2D eigenvalue weighted by atomic mass is 10.2. The smallest absolute Gasteiger partial charge is 0.354 e. The van der Waals surface area contributed by atoms with Crippen molar-refractivity contribution in [1.82, 2.24) is 14.6 Å². The SMILES string of the molecule is O=C(O)c1cccc2nc(C3CCCCS3(=O)=O)nn12. The van der Waals surface area contributed by atoms with Gasteiger partial charge < -0.3 is 5.11 Å². The molecule has 1 saturated heterocycles. The molecule has 1 aliphatic heterocycles. The molecule has 0 saturated carbocycles. The Morgan fingerprint density at radius 3 is 2.85 bits per heavy atom. The summed E-state index contributed by atoms with van der Waals surface area (Å²) < 4.78 is 25.3. The number of aromatic nitrogens is 3. The van der Waals surface area contributed by atoms with Gasteiger partial charge in [0.1, 0.15) is 5.25 Å². The number of nitrogens with zero attached hydrogens (tertiary/aromatic N) is 3. The highest BCUT2D eigenvalue weighted by Gasteiger charge is 2.33. The molecule has 1 fully saturated rings. The zero-order chi connectivity index (χ0) is 14.3. The van der Waals surface area contributed by atoms with Crippen LogP contribution in [0.2, 0.25) is 0 Å². The van der Waals surface area contributed by atoms with Crippen LogP contribution in [0.1, 0.15) is 40.8 Å². The van der Waals surface area contributed by atoms with Crippen LogP contribution in [-0.2, 0) is 9.84 Å². The molecule has 8 heteroatoms. The number of carbonyl (C=O) groups is 1. The number of sulfone groups is 1. The Kier molecular flexibility index (Phi) is 2.97. The highest BCUT2D eigenvalue weighted by atomic mass is 32.2. The van der Waals surface area contributed by atoms with Crippen molar-refractivity contribution in [2.45, 2.75) is 24.5 Å². The molecule has 2 aromatic heterocycles. The summed E-state index contributed by atoms with van der Waals surface area (Å²) in [4.78, 5) is 15.3. The number of rotatable bonds is 2. The third-order valence-corrected chi connectivity index (χ3v) is 5.63. The van der Waals surface area contributed by atoms with E-state index in [1.54, 1.807) is 12.1 Å². The zero-order valence-corrected chi connectivity index (χ0v) is 11.4. The van der Waals surface area contributed by atoms with E-state index in [9.17, 15) is 13.2 Å². The van der Waals surface area contributed by atoms with E-state index in [0.717, 1.165) is 6.42 Å². The van der Waals surface area contributed by atoms with Crippen molar-refractivity contribution in [2.75, 3.05) is 5.75 Å². The van der Waals surface area contributed by atoms with Gasteiger partial charge in [0.2, 0.25) is 0 Å². The fourth-order valence-corrected chi connectivity index (χ4v) is 4.30. The summed E-state index contributed by atoms with van der Waals surface area (Å²) in [6.07, 6.45) is 1.96. The van der Waals surface area contributed by atoms with Gasteiger partial charge in [0.15, 0.2) is 27.0 Å². The average Bonchev–Trinajstić information content (AvgIpc) is 2.80. The van der Waals surface area contributed by atoms with Crippen LogP contribution < -0.4 is 0 Å². The number of hydrogen-bond donors (Lipinski definition) is 1. The van der Waals surface area contributed by atoms with Crippen molar-refractivity contribution in [3.05, 3.63) is 29.7 Å². The standard InChI is InChI=1S/C12H13N3O4S/c16-12(17)8-4-3-6-10-13-11(14-15(8)10)9-5-1-2-7-20(9,18)19/h3-4,6,9H,1-2,5,7H2,(H,16,17).